The van der Waals surface area contributed by atoms with Gasteiger partial charge < -0.3 is 13.9 Å². The van der Waals surface area contributed by atoms with Crippen molar-refractivity contribution in [2.24, 2.45) is 0 Å². The molecule has 9 heteroatoms. The third-order valence-electron chi connectivity index (χ3n) is 7.82. The Morgan fingerprint density at radius 3 is 2.37 bits per heavy atom. The normalized spacial score (nSPS) is 37.3. The summed E-state index contributed by atoms with van der Waals surface area (Å²) in [6, 6.07) is 0.0311. The van der Waals surface area contributed by atoms with Gasteiger partial charge in [-0.15, -0.1) is 0 Å². The van der Waals surface area contributed by atoms with E-state index in [1.807, 2.05) is 0 Å². The molecule has 3 heterocycles. The predicted molar refractivity (Wildman–Crippen MR) is 117 cm³/mol. The summed E-state index contributed by atoms with van der Waals surface area (Å²) in [4.78, 5) is 2.38. The van der Waals surface area contributed by atoms with E-state index in [1.165, 1.54) is 6.42 Å². The van der Waals surface area contributed by atoms with Crippen molar-refractivity contribution in [3.05, 3.63) is 0 Å². The predicted octanol–water partition coefficient (Wildman–Crippen LogP) is 3.25. The van der Waals surface area contributed by atoms with Crippen molar-refractivity contribution in [3.8, 4) is 0 Å². The van der Waals surface area contributed by atoms with Crippen molar-refractivity contribution in [3.63, 3.8) is 0 Å². The van der Waals surface area contributed by atoms with E-state index in [2.05, 4.69) is 38.8 Å². The highest BCUT2D eigenvalue weighted by Gasteiger charge is 2.60. The van der Waals surface area contributed by atoms with Gasteiger partial charge in [-0.2, -0.15) is 8.42 Å². The summed E-state index contributed by atoms with van der Waals surface area (Å²) in [5.41, 5.74) is 0. The van der Waals surface area contributed by atoms with Gasteiger partial charge in [-0.05, 0) is 37.4 Å². The maximum Gasteiger partial charge on any atom is 0.264 e. The summed E-state index contributed by atoms with van der Waals surface area (Å²) < 4.78 is 50.2. The molecule has 0 unspecified atom stereocenters. The minimum atomic E-state index is -3.66. The summed E-state index contributed by atoms with van der Waals surface area (Å²) in [5.74, 6) is -0.599. The van der Waals surface area contributed by atoms with Crippen LogP contribution in [0.15, 0.2) is 0 Å². The molecule has 0 N–H and O–H groups in total. The third-order valence-corrected chi connectivity index (χ3v) is 12.9. The average Bonchev–Trinajstić information content (AvgIpc) is 2.99. The van der Waals surface area contributed by atoms with Crippen LogP contribution >= 0.6 is 0 Å². The maximum atomic E-state index is 12.3. The van der Waals surface area contributed by atoms with Crippen LogP contribution in [0.1, 0.15) is 59.3 Å². The van der Waals surface area contributed by atoms with Gasteiger partial charge in [0, 0.05) is 25.9 Å². The molecule has 4 rings (SSSR count). The number of rotatable bonds is 4. The van der Waals surface area contributed by atoms with E-state index in [0.717, 1.165) is 44.9 Å². The van der Waals surface area contributed by atoms with E-state index in [-0.39, 0.29) is 29.4 Å². The van der Waals surface area contributed by atoms with Crippen molar-refractivity contribution in [2.75, 3.05) is 19.3 Å². The van der Waals surface area contributed by atoms with Crippen LogP contribution in [0.4, 0.5) is 0 Å². The summed E-state index contributed by atoms with van der Waals surface area (Å²) in [6.45, 7) is 12.6. The molecule has 4 aliphatic rings. The highest BCUT2D eigenvalue weighted by molar-refractivity contribution is 7.86. The van der Waals surface area contributed by atoms with Crippen molar-refractivity contribution in [1.29, 1.82) is 0 Å². The minimum Gasteiger partial charge on any atom is -0.410 e. The molecule has 0 aromatic carbocycles. The second kappa shape index (κ2) is 7.78. The van der Waals surface area contributed by atoms with Gasteiger partial charge in [0.05, 0.1) is 24.5 Å². The van der Waals surface area contributed by atoms with Crippen molar-refractivity contribution in [1.82, 2.24) is 4.90 Å². The van der Waals surface area contributed by atoms with Crippen LogP contribution in [0.3, 0.4) is 0 Å². The summed E-state index contributed by atoms with van der Waals surface area (Å²) in [5, 5.41) is 0.0220. The molecular formula is C21H39NO6SSi. The fourth-order valence-electron chi connectivity index (χ4n) is 5.34. The number of hydrogen-bond donors (Lipinski definition) is 0. The van der Waals surface area contributed by atoms with E-state index >= 15 is 0 Å². The van der Waals surface area contributed by atoms with Gasteiger partial charge in [-0.1, -0.05) is 27.2 Å². The molecule has 1 aliphatic carbocycles. The third kappa shape index (κ3) is 4.40. The van der Waals surface area contributed by atoms with E-state index in [9.17, 15) is 8.42 Å². The van der Waals surface area contributed by atoms with Gasteiger partial charge in [0.25, 0.3) is 10.1 Å². The Balaban J connectivity index is 1.67. The van der Waals surface area contributed by atoms with Crippen LogP contribution in [0.5, 0.6) is 0 Å². The van der Waals surface area contributed by atoms with Gasteiger partial charge in [-0.25, -0.2) is 0 Å². The van der Waals surface area contributed by atoms with Gasteiger partial charge in [0.1, 0.15) is 12.2 Å². The SMILES string of the molecule is CC(C)(C)[Si](C)(C)O[C@H]1CN2CC[C@@H]3OC4(CCCCC4)O[C@@H]([C@H]1OS(C)(=O)=O)[C@@H]32. The molecule has 0 aromatic heterocycles. The average molecular weight is 462 g/mol. The summed E-state index contributed by atoms with van der Waals surface area (Å²) in [6.07, 6.45) is 5.90. The number of nitrogens with zero attached hydrogens (tertiary/aromatic N) is 1. The molecule has 3 saturated heterocycles. The van der Waals surface area contributed by atoms with Crippen LogP contribution in [-0.2, 0) is 28.2 Å². The molecule has 174 valence electrons. The monoisotopic (exact) mass is 461 g/mol. The molecule has 1 spiro atoms. The van der Waals surface area contributed by atoms with Crippen LogP contribution in [0.25, 0.3) is 0 Å². The molecule has 0 amide bonds. The fourth-order valence-corrected chi connectivity index (χ4v) is 7.30. The smallest absolute Gasteiger partial charge is 0.264 e. The Morgan fingerprint density at radius 1 is 1.10 bits per heavy atom. The molecule has 3 aliphatic heterocycles. The lowest BCUT2D eigenvalue weighted by Gasteiger charge is -2.56. The van der Waals surface area contributed by atoms with Gasteiger partial charge in [-0.3, -0.25) is 9.08 Å². The minimum absolute atomic E-state index is 0.0220. The Kier molecular flexibility index (Phi) is 6.00. The first-order valence-electron chi connectivity index (χ1n) is 11.5. The lowest BCUT2D eigenvalue weighted by molar-refractivity contribution is -0.358. The Hall–Kier alpha value is -0.0331. The molecule has 30 heavy (non-hydrogen) atoms. The van der Waals surface area contributed by atoms with E-state index in [4.69, 9.17) is 18.1 Å². The van der Waals surface area contributed by atoms with Gasteiger partial charge >= 0.3 is 0 Å². The van der Waals surface area contributed by atoms with Gasteiger partial charge in [0.2, 0.25) is 0 Å². The van der Waals surface area contributed by atoms with E-state index in [0.29, 0.717) is 6.54 Å². The summed E-state index contributed by atoms with van der Waals surface area (Å²) >= 11 is 0. The van der Waals surface area contributed by atoms with E-state index < -0.39 is 30.3 Å². The molecule has 0 aromatic rings. The molecule has 4 fully saturated rings. The first-order chi connectivity index (χ1) is 13.8. The molecule has 0 bridgehead atoms. The first kappa shape index (κ1) is 23.1. The molecule has 7 nitrogen and oxygen atoms in total. The van der Waals surface area contributed by atoms with Crippen LogP contribution < -0.4 is 0 Å². The zero-order chi connectivity index (χ0) is 21.9. The van der Waals surface area contributed by atoms with Crippen molar-refractivity contribution >= 4 is 18.4 Å². The first-order valence-corrected chi connectivity index (χ1v) is 16.2. The lowest BCUT2D eigenvalue weighted by atomic mass is 9.87. The van der Waals surface area contributed by atoms with Crippen LogP contribution in [0.2, 0.25) is 18.1 Å². The fraction of sp³-hybridized carbons (Fsp3) is 1.00. The van der Waals surface area contributed by atoms with Crippen LogP contribution in [0, 0.1) is 0 Å². The second-order valence-electron chi connectivity index (χ2n) is 11.2. The Morgan fingerprint density at radius 2 is 1.77 bits per heavy atom. The molecular weight excluding hydrogens is 422 g/mol. The molecule has 1 saturated carbocycles. The number of piperidine rings is 1. The highest BCUT2D eigenvalue weighted by atomic mass is 32.2. The largest absolute Gasteiger partial charge is 0.410 e. The van der Waals surface area contributed by atoms with E-state index in [1.54, 1.807) is 0 Å². The van der Waals surface area contributed by atoms with Crippen LogP contribution in [-0.4, -0.2) is 77.2 Å². The standard InChI is InChI=1S/C21H39NO6SSi/c1-20(2,3)30(5,6)28-16-14-22-13-10-15-17(22)19(18(16)27-29(4,23)24)26-21(25-15)11-8-7-9-12-21/h15-19H,7-14H2,1-6H3/t15-,16-,17+,18-,19+/m0/s1. The molecule has 5 atom stereocenters. The second-order valence-corrected chi connectivity index (χ2v) is 17.5. The Labute approximate surface area is 183 Å². The summed E-state index contributed by atoms with van der Waals surface area (Å²) in [7, 11) is -5.79. The van der Waals surface area contributed by atoms with Crippen molar-refractivity contribution < 1.29 is 26.5 Å². The number of hydrogen-bond acceptors (Lipinski definition) is 7. The van der Waals surface area contributed by atoms with Crippen molar-refractivity contribution in [2.45, 2.75) is 114 Å². The highest BCUT2D eigenvalue weighted by Crippen LogP contribution is 2.48. The quantitative estimate of drug-likeness (QED) is 0.470. The van der Waals surface area contributed by atoms with Gasteiger partial charge in [0.15, 0.2) is 14.1 Å². The molecule has 0 radical (unpaired) electrons. The lowest BCUT2D eigenvalue weighted by Crippen LogP contribution is -2.70. The topological polar surface area (TPSA) is 74.3 Å². The zero-order valence-corrected chi connectivity index (χ0v) is 21.2. The zero-order valence-electron chi connectivity index (χ0n) is 19.3. The Bertz CT molecular complexity index is 745. The maximum absolute atomic E-state index is 12.3. The number of ether oxygens (including phenoxy) is 2.